The molecule has 0 amide bonds. The molecule has 0 aromatic heterocycles. The lowest BCUT2D eigenvalue weighted by molar-refractivity contribution is 0.562. The van der Waals surface area contributed by atoms with Gasteiger partial charge in [0.25, 0.3) is 0 Å². The summed E-state index contributed by atoms with van der Waals surface area (Å²) in [5.74, 6) is 0.00279. The zero-order valence-corrected chi connectivity index (χ0v) is 11.4. The van der Waals surface area contributed by atoms with Crippen molar-refractivity contribution in [3.8, 4) is 0 Å². The molecule has 0 spiro atoms. The van der Waals surface area contributed by atoms with Gasteiger partial charge in [-0.25, -0.2) is 8.78 Å². The quantitative estimate of drug-likeness (QED) is 0.839. The number of benzene rings is 1. The molecule has 1 rings (SSSR count). The molecule has 0 bridgehead atoms. The van der Waals surface area contributed by atoms with Crippen molar-refractivity contribution in [2.75, 3.05) is 5.75 Å². The maximum Gasteiger partial charge on any atom is 0.144 e. The Hall–Kier alpha value is -0.130. The van der Waals surface area contributed by atoms with Crippen molar-refractivity contribution in [3.63, 3.8) is 0 Å². The van der Waals surface area contributed by atoms with Crippen molar-refractivity contribution < 1.29 is 8.78 Å². The molecule has 1 aromatic carbocycles. The Bertz CT molecular complexity index is 360. The highest BCUT2D eigenvalue weighted by Crippen LogP contribution is 2.25. The van der Waals surface area contributed by atoms with E-state index in [1.165, 1.54) is 23.9 Å². The highest BCUT2D eigenvalue weighted by atomic mass is 79.9. The normalized spacial score (nSPS) is 12.8. The van der Waals surface area contributed by atoms with Crippen molar-refractivity contribution >= 4 is 27.7 Å². The summed E-state index contributed by atoms with van der Waals surface area (Å²) in [4.78, 5) is 0. The Morgan fingerprint density at radius 1 is 1.44 bits per heavy atom. The number of nitrogens with two attached hydrogens (primary N) is 1. The van der Waals surface area contributed by atoms with Crippen LogP contribution in [0.4, 0.5) is 8.78 Å². The largest absolute Gasteiger partial charge is 0.327 e. The topological polar surface area (TPSA) is 26.0 Å². The lowest BCUT2D eigenvalue weighted by Crippen LogP contribution is -2.21. The van der Waals surface area contributed by atoms with Gasteiger partial charge in [0.05, 0.1) is 4.47 Å². The van der Waals surface area contributed by atoms with Gasteiger partial charge in [-0.3, -0.25) is 0 Å². The van der Waals surface area contributed by atoms with E-state index in [-0.39, 0.29) is 11.6 Å². The highest BCUT2D eigenvalue weighted by molar-refractivity contribution is 9.10. The molecule has 0 saturated heterocycles. The Kier molecular flexibility index (Phi) is 5.72. The average molecular weight is 310 g/mol. The first-order chi connectivity index (χ1) is 7.56. The molecule has 0 heterocycles. The van der Waals surface area contributed by atoms with Crippen LogP contribution in [0.1, 0.15) is 18.9 Å². The molecule has 1 unspecified atom stereocenters. The molecule has 0 saturated carbocycles. The molecule has 1 aromatic rings. The summed E-state index contributed by atoms with van der Waals surface area (Å²) < 4.78 is 27.2. The van der Waals surface area contributed by atoms with Gasteiger partial charge in [0.1, 0.15) is 11.6 Å². The summed E-state index contributed by atoms with van der Waals surface area (Å²) >= 11 is 4.49. The fourth-order valence-electron chi connectivity index (χ4n) is 1.13. The molecule has 2 N–H and O–H groups in total. The number of thioether (sulfide) groups is 1. The lowest BCUT2D eigenvalue weighted by atomic mass is 10.2. The molecular weight excluding hydrogens is 296 g/mol. The highest BCUT2D eigenvalue weighted by Gasteiger charge is 2.12. The van der Waals surface area contributed by atoms with Crippen LogP contribution >= 0.6 is 27.7 Å². The molecule has 0 aliphatic heterocycles. The second-order valence-electron chi connectivity index (χ2n) is 3.51. The van der Waals surface area contributed by atoms with E-state index in [4.69, 9.17) is 5.73 Å². The Balaban J connectivity index is 2.63. The van der Waals surface area contributed by atoms with E-state index in [1.54, 1.807) is 0 Å². The Morgan fingerprint density at radius 2 is 2.12 bits per heavy atom. The van der Waals surface area contributed by atoms with Crippen molar-refractivity contribution in [2.45, 2.75) is 25.1 Å². The second kappa shape index (κ2) is 6.57. The number of halogens is 3. The lowest BCUT2D eigenvalue weighted by Gasteiger charge is -2.09. The molecule has 0 fully saturated rings. The zero-order valence-electron chi connectivity index (χ0n) is 8.97. The molecule has 0 aliphatic rings. The van der Waals surface area contributed by atoms with Gasteiger partial charge in [-0.2, -0.15) is 11.8 Å². The summed E-state index contributed by atoms with van der Waals surface area (Å²) in [5.41, 5.74) is 5.84. The summed E-state index contributed by atoms with van der Waals surface area (Å²) in [6, 6.07) is 2.72. The van der Waals surface area contributed by atoms with Crippen LogP contribution in [0.3, 0.4) is 0 Å². The third-order valence-electron chi connectivity index (χ3n) is 2.24. The first-order valence-corrected chi connectivity index (χ1v) is 6.96. The molecule has 0 radical (unpaired) electrons. The average Bonchev–Trinajstić information content (AvgIpc) is 2.28. The van der Waals surface area contributed by atoms with E-state index < -0.39 is 11.6 Å². The molecule has 16 heavy (non-hydrogen) atoms. The van der Waals surface area contributed by atoms with Crippen LogP contribution in [0.5, 0.6) is 0 Å². The molecule has 1 nitrogen and oxygen atoms in total. The van der Waals surface area contributed by atoms with Crippen molar-refractivity contribution in [3.05, 3.63) is 33.8 Å². The van der Waals surface area contributed by atoms with E-state index in [0.717, 1.165) is 6.42 Å². The third-order valence-corrected chi connectivity index (χ3v) is 4.01. The molecule has 90 valence electrons. The van der Waals surface area contributed by atoms with E-state index in [9.17, 15) is 8.78 Å². The van der Waals surface area contributed by atoms with Crippen LogP contribution in [0.15, 0.2) is 16.6 Å². The zero-order chi connectivity index (χ0) is 12.1. The van der Waals surface area contributed by atoms with Crippen LogP contribution in [0, 0.1) is 11.6 Å². The molecule has 1 atom stereocenters. The van der Waals surface area contributed by atoms with Gasteiger partial charge in [-0.1, -0.05) is 6.92 Å². The van der Waals surface area contributed by atoms with Gasteiger partial charge in [0.2, 0.25) is 0 Å². The predicted molar refractivity (Wildman–Crippen MR) is 68.5 cm³/mol. The molecule has 0 aliphatic carbocycles. The Morgan fingerprint density at radius 3 is 2.75 bits per heavy atom. The minimum atomic E-state index is -0.516. The van der Waals surface area contributed by atoms with E-state index in [2.05, 4.69) is 15.9 Å². The maximum atomic E-state index is 13.5. The number of hydrogen-bond acceptors (Lipinski definition) is 2. The van der Waals surface area contributed by atoms with Crippen LogP contribution < -0.4 is 5.73 Å². The van der Waals surface area contributed by atoms with E-state index in [1.807, 2.05) is 6.92 Å². The fourth-order valence-corrected chi connectivity index (χ4v) is 2.63. The van der Waals surface area contributed by atoms with Crippen molar-refractivity contribution in [2.24, 2.45) is 5.73 Å². The second-order valence-corrected chi connectivity index (χ2v) is 5.39. The summed E-state index contributed by atoms with van der Waals surface area (Å²) in [6.45, 7) is 1.99. The monoisotopic (exact) mass is 309 g/mol. The number of rotatable bonds is 5. The fraction of sp³-hybridized carbons (Fsp3) is 0.455. The van der Waals surface area contributed by atoms with Crippen LogP contribution in [-0.4, -0.2) is 11.8 Å². The first-order valence-electron chi connectivity index (χ1n) is 5.02. The predicted octanol–water partition coefficient (Wildman–Crippen LogP) is 3.70. The smallest absolute Gasteiger partial charge is 0.144 e. The van der Waals surface area contributed by atoms with Crippen LogP contribution in [0.2, 0.25) is 0 Å². The first kappa shape index (κ1) is 13.9. The standard InChI is InChI=1S/C11H14BrF2NS/c1-2-7(15)5-16-6-8-10(13)4-3-9(12)11(8)14/h3-4,7H,2,5-6,15H2,1H3. The van der Waals surface area contributed by atoms with Gasteiger partial charge in [0.15, 0.2) is 0 Å². The van der Waals surface area contributed by atoms with Crippen LogP contribution in [-0.2, 0) is 5.75 Å². The van der Waals surface area contributed by atoms with Gasteiger partial charge in [-0.15, -0.1) is 0 Å². The van der Waals surface area contributed by atoms with Crippen molar-refractivity contribution in [1.29, 1.82) is 0 Å². The minimum absolute atomic E-state index is 0.0864. The van der Waals surface area contributed by atoms with E-state index in [0.29, 0.717) is 16.0 Å². The van der Waals surface area contributed by atoms with Gasteiger partial charge < -0.3 is 5.73 Å². The van der Waals surface area contributed by atoms with Gasteiger partial charge >= 0.3 is 0 Å². The molecule has 5 heteroatoms. The molecular formula is C11H14BrF2NS. The van der Waals surface area contributed by atoms with Gasteiger partial charge in [0, 0.05) is 23.1 Å². The summed E-state index contributed by atoms with van der Waals surface area (Å²) in [5, 5.41) is 0. The van der Waals surface area contributed by atoms with Crippen LogP contribution in [0.25, 0.3) is 0 Å². The third kappa shape index (κ3) is 3.71. The number of hydrogen-bond donors (Lipinski definition) is 1. The summed E-state index contributed by atoms with van der Waals surface area (Å²) in [7, 11) is 0. The minimum Gasteiger partial charge on any atom is -0.327 e. The maximum absolute atomic E-state index is 13.5. The van der Waals surface area contributed by atoms with E-state index >= 15 is 0 Å². The summed E-state index contributed by atoms with van der Waals surface area (Å²) in [6.07, 6.45) is 0.871. The SMILES string of the molecule is CCC(N)CSCc1c(F)ccc(Br)c1F. The van der Waals surface area contributed by atoms with Gasteiger partial charge in [-0.05, 0) is 34.5 Å². The Labute approximate surface area is 107 Å². The van der Waals surface area contributed by atoms with Crippen molar-refractivity contribution in [1.82, 2.24) is 0 Å².